The maximum Gasteiger partial charge on any atom is 0.265 e. The van der Waals surface area contributed by atoms with Gasteiger partial charge in [0.15, 0.2) is 0 Å². The quantitative estimate of drug-likeness (QED) is 0.854. The molecule has 1 fully saturated rings. The molecule has 1 aliphatic rings. The largest absolute Gasteiger partial charge is 0.496 e. The first kappa shape index (κ1) is 15.5. The first-order valence-electron chi connectivity index (χ1n) is 6.90. The Kier molecular flexibility index (Phi) is 4.60. The van der Waals surface area contributed by atoms with E-state index in [1.807, 2.05) is 0 Å². The van der Waals surface area contributed by atoms with Gasteiger partial charge in [-0.15, -0.1) is 0 Å². The molecule has 0 aliphatic carbocycles. The highest BCUT2D eigenvalue weighted by Crippen LogP contribution is 2.27. The van der Waals surface area contributed by atoms with E-state index in [9.17, 15) is 13.6 Å². The smallest absolute Gasteiger partial charge is 0.265 e. The summed E-state index contributed by atoms with van der Waals surface area (Å²) in [7, 11) is 1.56. The number of hydrogen-bond acceptors (Lipinski definition) is 2. The van der Waals surface area contributed by atoms with Gasteiger partial charge in [0.25, 0.3) is 5.92 Å². The molecule has 1 aromatic rings. The molecule has 114 valence electrons. The van der Waals surface area contributed by atoms with E-state index >= 15 is 0 Å². The number of amides is 1. The lowest BCUT2D eigenvalue weighted by molar-refractivity contribution is -0.140. The summed E-state index contributed by atoms with van der Waals surface area (Å²) in [6.07, 6.45) is 1.96. The Labute approximate surface area is 123 Å². The van der Waals surface area contributed by atoms with Crippen molar-refractivity contribution in [2.75, 3.05) is 20.2 Å². The number of hydrogen-bond donors (Lipinski definition) is 0. The zero-order valence-corrected chi connectivity index (χ0v) is 12.1. The van der Waals surface area contributed by atoms with Gasteiger partial charge in [-0.2, -0.15) is 0 Å². The van der Waals surface area contributed by atoms with Crippen LogP contribution in [0.15, 0.2) is 24.8 Å². The summed E-state index contributed by atoms with van der Waals surface area (Å²) in [5.74, 6) is -2.36. The van der Waals surface area contributed by atoms with Gasteiger partial charge in [-0.05, 0) is 24.1 Å². The fourth-order valence-corrected chi connectivity index (χ4v) is 2.52. The molecule has 0 unspecified atom stereocenters. The Balaban J connectivity index is 2.07. The van der Waals surface area contributed by atoms with Crippen molar-refractivity contribution in [1.82, 2.24) is 4.90 Å². The average molecular weight is 295 g/mol. The van der Waals surface area contributed by atoms with Crippen LogP contribution in [0.5, 0.6) is 5.75 Å². The highest BCUT2D eigenvalue weighted by Gasteiger charge is 2.36. The number of methoxy groups -OCH3 is 1. The molecule has 1 amide bonds. The van der Waals surface area contributed by atoms with E-state index in [-0.39, 0.29) is 18.7 Å². The van der Waals surface area contributed by atoms with Gasteiger partial charge in [0.05, 0.1) is 20.1 Å². The SMILES string of the molecule is C=Cc1cc(CC(=O)N2CCCC(F)(F)C2)ccc1OC. The predicted octanol–water partition coefficient (Wildman–Crippen LogP) is 3.14. The number of likely N-dealkylation sites (tertiary alicyclic amines) is 1. The number of piperidine rings is 1. The summed E-state index contributed by atoms with van der Waals surface area (Å²) >= 11 is 0. The molecule has 3 nitrogen and oxygen atoms in total. The van der Waals surface area contributed by atoms with Crippen LogP contribution in [-0.2, 0) is 11.2 Å². The van der Waals surface area contributed by atoms with Crippen LogP contribution >= 0.6 is 0 Å². The Morgan fingerprint density at radius 3 is 2.90 bits per heavy atom. The lowest BCUT2D eigenvalue weighted by atomic mass is 10.0. The maximum atomic E-state index is 13.3. The summed E-state index contributed by atoms with van der Waals surface area (Å²) in [6.45, 7) is 3.62. The Morgan fingerprint density at radius 2 is 2.29 bits per heavy atom. The molecule has 0 N–H and O–H groups in total. The van der Waals surface area contributed by atoms with Gasteiger partial charge in [-0.3, -0.25) is 4.79 Å². The minimum absolute atomic E-state index is 0.112. The number of nitrogens with zero attached hydrogens (tertiary/aromatic N) is 1. The van der Waals surface area contributed by atoms with E-state index in [0.717, 1.165) is 11.1 Å². The standard InChI is InChI=1S/C16H19F2NO2/c1-3-13-9-12(5-6-14(13)21-2)10-15(20)19-8-4-7-16(17,18)11-19/h3,5-6,9H,1,4,7-8,10-11H2,2H3. The summed E-state index contributed by atoms with van der Waals surface area (Å²) in [6, 6.07) is 5.32. The number of carbonyl (C=O) groups excluding carboxylic acids is 1. The highest BCUT2D eigenvalue weighted by molar-refractivity contribution is 5.79. The Hall–Kier alpha value is -1.91. The fraction of sp³-hybridized carbons (Fsp3) is 0.438. The molecule has 0 bridgehead atoms. The van der Waals surface area contributed by atoms with Crippen molar-refractivity contribution < 1.29 is 18.3 Å². The number of ether oxygens (including phenoxy) is 1. The second-order valence-electron chi connectivity index (χ2n) is 5.23. The van der Waals surface area contributed by atoms with Crippen molar-refractivity contribution in [1.29, 1.82) is 0 Å². The van der Waals surface area contributed by atoms with Crippen LogP contribution in [0.2, 0.25) is 0 Å². The van der Waals surface area contributed by atoms with Crippen LogP contribution in [-0.4, -0.2) is 36.9 Å². The van der Waals surface area contributed by atoms with Crippen LogP contribution in [0.3, 0.4) is 0 Å². The Bertz CT molecular complexity index is 543. The number of alkyl halides is 2. The van der Waals surface area contributed by atoms with E-state index in [2.05, 4.69) is 6.58 Å². The summed E-state index contributed by atoms with van der Waals surface area (Å²) in [5, 5.41) is 0. The zero-order valence-electron chi connectivity index (χ0n) is 12.1. The molecular weight excluding hydrogens is 276 g/mol. The summed E-state index contributed by atoms with van der Waals surface area (Å²) in [4.78, 5) is 13.4. The van der Waals surface area contributed by atoms with Crippen LogP contribution in [0, 0.1) is 0 Å². The normalized spacial score (nSPS) is 17.4. The molecule has 0 saturated carbocycles. The van der Waals surface area contributed by atoms with E-state index < -0.39 is 12.5 Å². The van der Waals surface area contributed by atoms with Crippen molar-refractivity contribution in [2.24, 2.45) is 0 Å². The summed E-state index contributed by atoms with van der Waals surface area (Å²) in [5.41, 5.74) is 1.55. The fourth-order valence-electron chi connectivity index (χ4n) is 2.52. The van der Waals surface area contributed by atoms with Crippen LogP contribution in [0.1, 0.15) is 24.0 Å². The van der Waals surface area contributed by atoms with Crippen LogP contribution in [0.25, 0.3) is 6.08 Å². The van der Waals surface area contributed by atoms with Crippen molar-refractivity contribution in [3.63, 3.8) is 0 Å². The molecule has 5 heteroatoms. The highest BCUT2D eigenvalue weighted by atomic mass is 19.3. The molecule has 0 spiro atoms. The molecular formula is C16H19F2NO2. The lowest BCUT2D eigenvalue weighted by Gasteiger charge is -2.32. The van der Waals surface area contributed by atoms with Crippen LogP contribution in [0.4, 0.5) is 8.78 Å². The van der Waals surface area contributed by atoms with Gasteiger partial charge in [0.1, 0.15) is 5.75 Å². The molecule has 1 saturated heterocycles. The van der Waals surface area contributed by atoms with Gasteiger partial charge in [-0.25, -0.2) is 8.78 Å². The van der Waals surface area contributed by atoms with Gasteiger partial charge in [0.2, 0.25) is 5.91 Å². The molecule has 1 aromatic carbocycles. The lowest BCUT2D eigenvalue weighted by Crippen LogP contribution is -2.46. The molecule has 1 aliphatic heterocycles. The average Bonchev–Trinajstić information content (AvgIpc) is 2.46. The van der Waals surface area contributed by atoms with E-state index in [1.165, 1.54) is 4.90 Å². The topological polar surface area (TPSA) is 29.5 Å². The van der Waals surface area contributed by atoms with Crippen molar-refractivity contribution in [3.8, 4) is 5.75 Å². The zero-order chi connectivity index (χ0) is 15.5. The third kappa shape index (κ3) is 3.80. The van der Waals surface area contributed by atoms with Crippen LogP contribution < -0.4 is 4.74 Å². The molecule has 2 rings (SSSR count). The van der Waals surface area contributed by atoms with E-state index in [0.29, 0.717) is 18.7 Å². The third-order valence-corrected chi connectivity index (χ3v) is 3.61. The van der Waals surface area contributed by atoms with E-state index in [4.69, 9.17) is 4.74 Å². The van der Waals surface area contributed by atoms with Crippen molar-refractivity contribution in [3.05, 3.63) is 35.9 Å². The van der Waals surface area contributed by atoms with Gasteiger partial charge in [0, 0.05) is 18.5 Å². The minimum Gasteiger partial charge on any atom is -0.496 e. The van der Waals surface area contributed by atoms with Crippen molar-refractivity contribution >= 4 is 12.0 Å². The monoisotopic (exact) mass is 295 g/mol. The maximum absolute atomic E-state index is 13.3. The van der Waals surface area contributed by atoms with Gasteiger partial charge >= 0.3 is 0 Å². The minimum atomic E-state index is -2.76. The van der Waals surface area contributed by atoms with Gasteiger partial charge in [-0.1, -0.05) is 18.7 Å². The summed E-state index contributed by atoms with van der Waals surface area (Å²) < 4.78 is 31.9. The third-order valence-electron chi connectivity index (χ3n) is 3.61. The number of rotatable bonds is 4. The number of benzene rings is 1. The predicted molar refractivity (Wildman–Crippen MR) is 77.6 cm³/mol. The molecule has 1 heterocycles. The molecule has 21 heavy (non-hydrogen) atoms. The number of carbonyl (C=O) groups is 1. The van der Waals surface area contributed by atoms with Crippen molar-refractivity contribution in [2.45, 2.75) is 25.2 Å². The van der Waals surface area contributed by atoms with E-state index in [1.54, 1.807) is 31.4 Å². The Morgan fingerprint density at radius 1 is 1.52 bits per heavy atom. The second kappa shape index (κ2) is 6.24. The molecule has 0 aromatic heterocycles. The first-order chi connectivity index (χ1) is 9.95. The van der Waals surface area contributed by atoms with Gasteiger partial charge < -0.3 is 9.64 Å². The first-order valence-corrected chi connectivity index (χ1v) is 6.90. The number of halogens is 2. The second-order valence-corrected chi connectivity index (χ2v) is 5.23. The molecule has 0 radical (unpaired) electrons. The molecule has 0 atom stereocenters.